The van der Waals surface area contributed by atoms with Gasteiger partial charge in [0.15, 0.2) is 0 Å². The van der Waals surface area contributed by atoms with Crippen molar-refractivity contribution < 1.29 is 0 Å². The molecule has 0 amide bonds. The number of hydrogen-bond donors (Lipinski definition) is 0. The summed E-state index contributed by atoms with van der Waals surface area (Å²) in [5, 5.41) is 6.99. The van der Waals surface area contributed by atoms with Crippen LogP contribution in [0.15, 0.2) is 145 Å². The van der Waals surface area contributed by atoms with E-state index in [1.807, 2.05) is 47.7 Å². The monoisotopic (exact) mass is 629 g/mol. The van der Waals surface area contributed by atoms with Gasteiger partial charge in [0.25, 0.3) is 0 Å². The molecule has 220 valence electrons. The van der Waals surface area contributed by atoms with Crippen LogP contribution in [0.2, 0.25) is 0 Å². The number of aromatic nitrogens is 5. The number of nitrogens with zero attached hydrogens (tertiary/aromatic N) is 5. The first-order chi connectivity index (χ1) is 22.7. The minimum absolute atomic E-state index is 0.789. The fourth-order valence-corrected chi connectivity index (χ4v) is 7.10. The molecule has 2 aromatic carbocycles. The Kier molecular flexibility index (Phi) is 7.38. The van der Waals surface area contributed by atoms with Crippen molar-refractivity contribution in [3.8, 4) is 38.2 Å². The lowest BCUT2D eigenvalue weighted by Gasteiger charge is -2.14. The van der Waals surface area contributed by atoms with Crippen LogP contribution in [0.25, 0.3) is 60.8 Å². The topological polar surface area (TPSA) is 56.5 Å². The SMILES string of the molecule is C=C1/C=C\C=C/Cc2c(n(-c3ccccc3)c3cc(-c4ccc(-c5nccs5)nc4)ccc23)C=C1c1ccc(-c2nccs2)nc1. The molecule has 0 radical (unpaired) electrons. The van der Waals surface area contributed by atoms with E-state index in [1.54, 1.807) is 22.7 Å². The maximum absolute atomic E-state index is 4.79. The van der Waals surface area contributed by atoms with Crippen molar-refractivity contribution in [1.29, 1.82) is 0 Å². The molecule has 0 spiro atoms. The molecule has 5 aromatic heterocycles. The quantitative estimate of drug-likeness (QED) is 0.190. The molecule has 5 nitrogen and oxygen atoms in total. The van der Waals surface area contributed by atoms with Crippen molar-refractivity contribution in [2.45, 2.75) is 6.42 Å². The van der Waals surface area contributed by atoms with Gasteiger partial charge >= 0.3 is 0 Å². The van der Waals surface area contributed by atoms with Gasteiger partial charge in [-0.3, -0.25) is 9.97 Å². The maximum atomic E-state index is 4.79. The van der Waals surface area contributed by atoms with Gasteiger partial charge in [0.2, 0.25) is 0 Å². The van der Waals surface area contributed by atoms with Crippen LogP contribution in [0, 0.1) is 0 Å². The number of fused-ring (bicyclic) bond motifs is 3. The van der Waals surface area contributed by atoms with E-state index in [0.29, 0.717) is 0 Å². The van der Waals surface area contributed by atoms with E-state index in [-0.39, 0.29) is 0 Å². The lowest BCUT2D eigenvalue weighted by Crippen LogP contribution is -2.00. The minimum atomic E-state index is 0.789. The summed E-state index contributed by atoms with van der Waals surface area (Å²) in [7, 11) is 0. The number of para-hydroxylation sites is 1. The van der Waals surface area contributed by atoms with Crippen molar-refractivity contribution in [2.24, 2.45) is 0 Å². The first kappa shape index (κ1) is 28.0. The first-order valence-electron chi connectivity index (χ1n) is 14.9. The summed E-state index contributed by atoms with van der Waals surface area (Å²) >= 11 is 3.18. The molecule has 0 fully saturated rings. The number of benzene rings is 2. The van der Waals surface area contributed by atoms with Gasteiger partial charge < -0.3 is 4.57 Å². The molecule has 0 saturated heterocycles. The Morgan fingerprint density at radius 3 is 2.04 bits per heavy atom. The Hall–Kier alpha value is -5.50. The Labute approximate surface area is 274 Å². The van der Waals surface area contributed by atoms with E-state index in [9.17, 15) is 0 Å². The first-order valence-corrected chi connectivity index (χ1v) is 16.7. The third kappa shape index (κ3) is 5.26. The van der Waals surface area contributed by atoms with Crippen molar-refractivity contribution in [3.05, 3.63) is 162 Å². The van der Waals surface area contributed by atoms with Gasteiger partial charge in [-0.15, -0.1) is 22.7 Å². The summed E-state index contributed by atoms with van der Waals surface area (Å²) in [6.07, 6.45) is 19.0. The highest BCUT2D eigenvalue weighted by Crippen LogP contribution is 2.37. The molecule has 5 heterocycles. The van der Waals surface area contributed by atoms with Gasteiger partial charge in [0.05, 0.1) is 22.6 Å². The Bertz CT molecular complexity index is 2260. The van der Waals surface area contributed by atoms with Crippen LogP contribution in [0.5, 0.6) is 0 Å². The van der Waals surface area contributed by atoms with Gasteiger partial charge in [-0.2, -0.15) is 0 Å². The predicted octanol–water partition coefficient (Wildman–Crippen LogP) is 10.1. The van der Waals surface area contributed by atoms with Gasteiger partial charge in [-0.05, 0) is 65.1 Å². The summed E-state index contributed by atoms with van der Waals surface area (Å²) in [4.78, 5) is 18.4. The zero-order valence-electron chi connectivity index (χ0n) is 24.7. The second kappa shape index (κ2) is 12.1. The van der Waals surface area contributed by atoms with Gasteiger partial charge in [0.1, 0.15) is 10.0 Å². The summed E-state index contributed by atoms with van der Waals surface area (Å²) in [6.45, 7) is 4.48. The number of thiazole rings is 2. The standard InChI is InChI=1S/C39H27N5S2/c1-26-8-4-2-7-11-31-32-15-12-27(28-13-16-34(42-24-28)38-40-18-20-45-38)22-36(32)44(30-9-5-3-6-10-30)37(31)23-33(26)29-14-17-35(43-25-29)39-41-19-21-46-39/h2-10,12-25H,1,11H2/b7-2-,8-4-,33-23?. The summed E-state index contributed by atoms with van der Waals surface area (Å²) < 4.78 is 2.37. The molecule has 0 saturated carbocycles. The maximum Gasteiger partial charge on any atom is 0.141 e. The molecule has 1 aliphatic carbocycles. The molecule has 1 aliphatic rings. The van der Waals surface area contributed by atoms with Crippen LogP contribution in [-0.4, -0.2) is 24.5 Å². The number of hydrogen-bond acceptors (Lipinski definition) is 6. The number of pyridine rings is 2. The predicted molar refractivity (Wildman–Crippen MR) is 192 cm³/mol. The lowest BCUT2D eigenvalue weighted by molar-refractivity contribution is 1.08. The second-order valence-corrected chi connectivity index (χ2v) is 12.7. The average Bonchev–Trinajstić information content (AvgIpc) is 3.89. The molecular formula is C39H27N5S2. The highest BCUT2D eigenvalue weighted by atomic mass is 32.1. The molecular weight excluding hydrogens is 603 g/mol. The van der Waals surface area contributed by atoms with Gasteiger partial charge in [-0.1, -0.05) is 73.3 Å². The normalized spacial score (nSPS) is 14.5. The zero-order valence-corrected chi connectivity index (χ0v) is 26.4. The minimum Gasteiger partial charge on any atom is -0.310 e. The largest absolute Gasteiger partial charge is 0.310 e. The van der Waals surface area contributed by atoms with E-state index in [1.165, 1.54) is 10.9 Å². The number of rotatable bonds is 5. The summed E-state index contributed by atoms with van der Waals surface area (Å²) in [5.41, 5.74) is 11.5. The highest BCUT2D eigenvalue weighted by Gasteiger charge is 2.20. The molecule has 0 bridgehead atoms. The molecule has 7 aromatic rings. The van der Waals surface area contributed by atoms with E-state index >= 15 is 0 Å². The Morgan fingerprint density at radius 2 is 1.39 bits per heavy atom. The van der Waals surface area contributed by atoms with Crippen LogP contribution in [-0.2, 0) is 6.42 Å². The third-order valence-corrected chi connectivity index (χ3v) is 9.69. The van der Waals surface area contributed by atoms with Gasteiger partial charge in [0, 0.05) is 57.7 Å². The average molecular weight is 630 g/mol. The van der Waals surface area contributed by atoms with E-state index in [0.717, 1.165) is 72.6 Å². The van der Waals surface area contributed by atoms with E-state index in [2.05, 4.69) is 112 Å². The fraction of sp³-hybridized carbons (Fsp3) is 0.0256. The van der Waals surface area contributed by atoms with Crippen molar-refractivity contribution in [2.75, 3.05) is 0 Å². The molecule has 0 aliphatic heterocycles. The third-order valence-electron chi connectivity index (χ3n) is 8.10. The van der Waals surface area contributed by atoms with Crippen LogP contribution in [0.3, 0.4) is 0 Å². The molecule has 7 heteroatoms. The van der Waals surface area contributed by atoms with Crippen LogP contribution < -0.4 is 0 Å². The van der Waals surface area contributed by atoms with Crippen LogP contribution in [0.1, 0.15) is 16.8 Å². The van der Waals surface area contributed by atoms with Crippen molar-refractivity contribution in [1.82, 2.24) is 24.5 Å². The molecule has 0 unspecified atom stereocenters. The lowest BCUT2D eigenvalue weighted by atomic mass is 9.95. The van der Waals surface area contributed by atoms with Crippen LogP contribution in [0.4, 0.5) is 0 Å². The van der Waals surface area contributed by atoms with Crippen molar-refractivity contribution in [3.63, 3.8) is 0 Å². The fourth-order valence-electron chi connectivity index (χ4n) is 5.87. The summed E-state index contributed by atoms with van der Waals surface area (Å²) in [5.74, 6) is 0. The van der Waals surface area contributed by atoms with Gasteiger partial charge in [-0.25, -0.2) is 9.97 Å². The molecule has 8 rings (SSSR count). The Morgan fingerprint density at radius 1 is 0.696 bits per heavy atom. The number of allylic oxidation sites excluding steroid dienone is 6. The molecule has 0 N–H and O–H groups in total. The molecule has 0 atom stereocenters. The van der Waals surface area contributed by atoms with E-state index in [4.69, 9.17) is 9.97 Å². The van der Waals surface area contributed by atoms with Crippen LogP contribution >= 0.6 is 22.7 Å². The summed E-state index contributed by atoms with van der Waals surface area (Å²) in [6, 6.07) is 25.6. The van der Waals surface area contributed by atoms with Crippen molar-refractivity contribution >= 4 is 45.2 Å². The zero-order chi connectivity index (χ0) is 30.9. The van der Waals surface area contributed by atoms with E-state index < -0.39 is 0 Å². The molecule has 46 heavy (non-hydrogen) atoms. The second-order valence-electron chi connectivity index (χ2n) is 10.9. The highest BCUT2D eigenvalue weighted by molar-refractivity contribution is 7.13. The smallest absolute Gasteiger partial charge is 0.141 e. The Balaban J connectivity index is 1.32.